The van der Waals surface area contributed by atoms with Crippen LogP contribution in [-0.4, -0.2) is 0 Å². The summed E-state index contributed by atoms with van der Waals surface area (Å²) in [5.41, 5.74) is 0. The van der Waals surface area contributed by atoms with E-state index in [1.54, 1.807) is 0 Å². The van der Waals surface area contributed by atoms with Crippen molar-refractivity contribution in [3.63, 3.8) is 0 Å². The fourth-order valence-electron chi connectivity index (χ4n) is 3.18. The first-order valence-corrected chi connectivity index (χ1v) is 8.11. The summed E-state index contributed by atoms with van der Waals surface area (Å²) >= 11 is 9.52. The van der Waals surface area contributed by atoms with Crippen molar-refractivity contribution in [3.8, 4) is 0 Å². The second-order valence-electron chi connectivity index (χ2n) is 4.81. The zero-order chi connectivity index (χ0) is 10.6. The molecule has 3 heteroatoms. The monoisotopic (exact) mass is 348 g/mol. The Balaban J connectivity index is 1.80. The lowest BCUT2D eigenvalue weighted by molar-refractivity contribution is 0.586. The number of alkyl halides is 1. The summed E-state index contributed by atoms with van der Waals surface area (Å²) in [5.74, 6) is 2.99. The summed E-state index contributed by atoms with van der Waals surface area (Å²) in [4.78, 5) is 3.51. The van der Waals surface area contributed by atoms with Crippen molar-refractivity contribution in [1.29, 1.82) is 0 Å². The Labute approximate surface area is 112 Å². The topological polar surface area (TPSA) is 0 Å². The average Bonchev–Trinajstić information content (AvgIpc) is 2.58. The Morgan fingerprint density at radius 2 is 2.07 bits per heavy atom. The van der Waals surface area contributed by atoms with Crippen molar-refractivity contribution >= 4 is 43.2 Å². The van der Waals surface area contributed by atoms with Gasteiger partial charge in [-0.2, -0.15) is 0 Å². The highest BCUT2D eigenvalue weighted by atomic mass is 79.9. The van der Waals surface area contributed by atoms with Crippen LogP contribution in [0.2, 0.25) is 0 Å². The van der Waals surface area contributed by atoms with E-state index in [4.69, 9.17) is 0 Å². The van der Waals surface area contributed by atoms with Gasteiger partial charge >= 0.3 is 0 Å². The van der Waals surface area contributed by atoms with Gasteiger partial charge in [0.2, 0.25) is 0 Å². The fraction of sp³-hybridized carbons (Fsp3) is 0.667. The van der Waals surface area contributed by atoms with Crippen molar-refractivity contribution in [2.45, 2.75) is 31.0 Å². The Bertz CT molecular complexity index is 375. The summed E-state index contributed by atoms with van der Waals surface area (Å²) in [5, 5.41) is 0. The number of rotatable bonds is 2. The molecule has 0 nitrogen and oxygen atoms in total. The summed E-state index contributed by atoms with van der Waals surface area (Å²) in [7, 11) is 0. The zero-order valence-corrected chi connectivity index (χ0v) is 12.7. The first kappa shape index (κ1) is 10.8. The number of aryl methyl sites for hydroxylation is 1. The van der Waals surface area contributed by atoms with Crippen molar-refractivity contribution in [1.82, 2.24) is 0 Å². The molecule has 0 aliphatic heterocycles. The van der Waals surface area contributed by atoms with Crippen LogP contribution in [0.25, 0.3) is 0 Å². The normalized spacial score (nSPS) is 35.3. The van der Waals surface area contributed by atoms with Crippen LogP contribution in [0.15, 0.2) is 10.5 Å². The van der Waals surface area contributed by atoms with Crippen LogP contribution >= 0.6 is 43.2 Å². The van der Waals surface area contributed by atoms with E-state index >= 15 is 0 Å². The van der Waals surface area contributed by atoms with Crippen molar-refractivity contribution in [2.24, 2.45) is 17.8 Å². The molecule has 0 bridgehead atoms. The van der Waals surface area contributed by atoms with Gasteiger partial charge in [-0.05, 0) is 59.5 Å². The molecule has 0 N–H and O–H groups in total. The van der Waals surface area contributed by atoms with Crippen LogP contribution in [0.1, 0.15) is 33.8 Å². The van der Waals surface area contributed by atoms with Gasteiger partial charge in [0.15, 0.2) is 0 Å². The predicted octanol–water partition coefficient (Wildman–Crippen LogP) is 5.30. The molecule has 2 saturated carbocycles. The van der Waals surface area contributed by atoms with Crippen LogP contribution in [0.3, 0.4) is 0 Å². The highest BCUT2D eigenvalue weighted by Crippen LogP contribution is 2.65. The Kier molecular flexibility index (Phi) is 2.77. The Hall–Kier alpha value is 0.660. The lowest BCUT2D eigenvalue weighted by Crippen LogP contribution is -1.96. The number of fused-ring (bicyclic) bond motifs is 1. The fourth-order valence-corrected chi connectivity index (χ4v) is 6.73. The van der Waals surface area contributed by atoms with E-state index in [0.29, 0.717) is 4.83 Å². The molecule has 1 heterocycles. The molecule has 15 heavy (non-hydrogen) atoms. The van der Waals surface area contributed by atoms with E-state index in [2.05, 4.69) is 44.8 Å². The SMILES string of the molecule is Cc1cc(Br)c(C(Br)C2C3CCCC32)s1. The van der Waals surface area contributed by atoms with E-state index in [-0.39, 0.29) is 0 Å². The number of halogens is 2. The molecule has 2 fully saturated rings. The summed E-state index contributed by atoms with van der Waals surface area (Å²) in [6.07, 6.45) is 4.41. The molecule has 3 rings (SSSR count). The first-order chi connectivity index (χ1) is 7.18. The highest BCUT2D eigenvalue weighted by Gasteiger charge is 2.55. The van der Waals surface area contributed by atoms with Gasteiger partial charge in [-0.25, -0.2) is 0 Å². The number of hydrogen-bond donors (Lipinski definition) is 0. The van der Waals surface area contributed by atoms with Gasteiger partial charge < -0.3 is 0 Å². The van der Waals surface area contributed by atoms with E-state index in [1.165, 1.54) is 33.5 Å². The van der Waals surface area contributed by atoms with Crippen LogP contribution in [0.4, 0.5) is 0 Å². The van der Waals surface area contributed by atoms with Crippen molar-refractivity contribution in [3.05, 3.63) is 20.3 Å². The third kappa shape index (κ3) is 1.75. The van der Waals surface area contributed by atoms with Gasteiger partial charge in [-0.15, -0.1) is 11.3 Å². The molecule has 2 aliphatic carbocycles. The van der Waals surface area contributed by atoms with Crippen LogP contribution in [0.5, 0.6) is 0 Å². The quantitative estimate of drug-likeness (QED) is 0.635. The van der Waals surface area contributed by atoms with E-state index in [0.717, 1.165) is 17.8 Å². The smallest absolute Gasteiger partial charge is 0.0534 e. The Morgan fingerprint density at radius 3 is 2.60 bits per heavy atom. The average molecular weight is 350 g/mol. The molecule has 2 aliphatic rings. The van der Waals surface area contributed by atoms with Gasteiger partial charge in [0, 0.05) is 14.2 Å². The van der Waals surface area contributed by atoms with Crippen molar-refractivity contribution < 1.29 is 0 Å². The van der Waals surface area contributed by atoms with Gasteiger partial charge in [-0.3, -0.25) is 0 Å². The molecule has 82 valence electrons. The summed E-state index contributed by atoms with van der Waals surface area (Å²) in [6, 6.07) is 2.24. The summed E-state index contributed by atoms with van der Waals surface area (Å²) in [6.45, 7) is 2.19. The highest BCUT2D eigenvalue weighted by molar-refractivity contribution is 9.11. The minimum Gasteiger partial charge on any atom is -0.143 e. The second-order valence-corrected chi connectivity index (χ2v) is 7.94. The molecule has 3 unspecified atom stereocenters. The van der Waals surface area contributed by atoms with Crippen LogP contribution in [-0.2, 0) is 0 Å². The standard InChI is InChI=1S/C12H14Br2S/c1-6-5-9(13)12(15-6)11(14)10-7-3-2-4-8(7)10/h5,7-8,10-11H,2-4H2,1H3. The molecular formula is C12H14Br2S. The van der Waals surface area contributed by atoms with Gasteiger partial charge in [-0.1, -0.05) is 22.4 Å². The summed E-state index contributed by atoms with van der Waals surface area (Å²) < 4.78 is 1.30. The molecule has 3 atom stereocenters. The maximum Gasteiger partial charge on any atom is 0.0534 e. The van der Waals surface area contributed by atoms with Gasteiger partial charge in [0.05, 0.1) is 4.83 Å². The number of thiophene rings is 1. The molecular weight excluding hydrogens is 336 g/mol. The predicted molar refractivity (Wildman–Crippen MR) is 72.7 cm³/mol. The first-order valence-electron chi connectivity index (χ1n) is 5.58. The molecule has 1 aromatic heterocycles. The van der Waals surface area contributed by atoms with Crippen LogP contribution in [0, 0.1) is 24.7 Å². The molecule has 0 spiro atoms. The Morgan fingerprint density at radius 1 is 1.40 bits per heavy atom. The molecule has 0 radical (unpaired) electrons. The molecule has 0 saturated heterocycles. The lowest BCUT2D eigenvalue weighted by atomic mass is 10.1. The van der Waals surface area contributed by atoms with E-state index in [1.807, 2.05) is 11.3 Å². The van der Waals surface area contributed by atoms with Crippen molar-refractivity contribution in [2.75, 3.05) is 0 Å². The maximum atomic E-state index is 3.91. The van der Waals surface area contributed by atoms with Crippen LogP contribution < -0.4 is 0 Å². The minimum atomic E-state index is 0.598. The van der Waals surface area contributed by atoms with Gasteiger partial charge in [0.1, 0.15) is 0 Å². The largest absolute Gasteiger partial charge is 0.143 e. The van der Waals surface area contributed by atoms with E-state index < -0.39 is 0 Å². The molecule has 0 aromatic carbocycles. The van der Waals surface area contributed by atoms with E-state index in [9.17, 15) is 0 Å². The third-order valence-electron chi connectivity index (χ3n) is 3.90. The number of hydrogen-bond acceptors (Lipinski definition) is 1. The zero-order valence-electron chi connectivity index (χ0n) is 8.67. The maximum absolute atomic E-state index is 3.91. The lowest BCUT2D eigenvalue weighted by Gasteiger charge is -2.10. The van der Waals surface area contributed by atoms with Gasteiger partial charge in [0.25, 0.3) is 0 Å². The second kappa shape index (κ2) is 3.85. The molecule has 0 amide bonds. The third-order valence-corrected chi connectivity index (χ3v) is 7.32. The minimum absolute atomic E-state index is 0.598. The molecule has 1 aromatic rings.